The molecule has 0 aliphatic rings. The third-order valence-electron chi connectivity index (χ3n) is 3.18. The summed E-state index contributed by atoms with van der Waals surface area (Å²) in [5.41, 5.74) is 1.00. The van der Waals surface area contributed by atoms with Crippen LogP contribution >= 0.6 is 23.2 Å². The van der Waals surface area contributed by atoms with Crippen LogP contribution in [0, 0.1) is 0 Å². The van der Waals surface area contributed by atoms with Crippen molar-refractivity contribution in [2.75, 3.05) is 11.9 Å². The zero-order chi connectivity index (χ0) is 17.8. The van der Waals surface area contributed by atoms with E-state index < -0.39 is 0 Å². The second kappa shape index (κ2) is 7.55. The number of nitrogens with zero attached hydrogens (tertiary/aromatic N) is 2. The van der Waals surface area contributed by atoms with Gasteiger partial charge in [0, 0.05) is 21.2 Å². The molecule has 0 aliphatic heterocycles. The quantitative estimate of drug-likeness (QED) is 0.697. The van der Waals surface area contributed by atoms with Gasteiger partial charge in [-0.2, -0.15) is 0 Å². The fraction of sp³-hybridized carbons (Fsp3) is 0.118. The van der Waals surface area contributed by atoms with Crippen molar-refractivity contribution in [3.63, 3.8) is 0 Å². The third-order valence-corrected chi connectivity index (χ3v) is 3.62. The predicted octanol–water partition coefficient (Wildman–Crippen LogP) is 4.69. The van der Waals surface area contributed by atoms with Gasteiger partial charge in [0.15, 0.2) is 0 Å². The molecule has 3 aromatic rings. The molecule has 0 radical (unpaired) electrons. The van der Waals surface area contributed by atoms with Crippen LogP contribution in [0.1, 0.15) is 17.3 Å². The fourth-order valence-electron chi connectivity index (χ4n) is 2.11. The number of nitrogens with one attached hydrogen (secondary N) is 1. The maximum atomic E-state index is 12.2. The number of halogens is 2. The number of carbonyl (C=O) groups excluding carboxylic acids is 1. The molecular weight excluding hydrogens is 365 g/mol. The van der Waals surface area contributed by atoms with E-state index in [1.54, 1.807) is 42.5 Å². The van der Waals surface area contributed by atoms with Crippen LogP contribution in [0.15, 0.2) is 46.9 Å². The molecule has 8 heteroatoms. The first-order chi connectivity index (χ1) is 12.0. The molecule has 3 rings (SSSR count). The molecule has 0 saturated carbocycles. The first-order valence-corrected chi connectivity index (χ1v) is 8.15. The highest BCUT2D eigenvalue weighted by Gasteiger charge is 2.14. The number of anilines is 1. The molecule has 0 fully saturated rings. The largest absolute Gasteiger partial charge is 0.494 e. The molecule has 1 amide bonds. The monoisotopic (exact) mass is 377 g/mol. The van der Waals surface area contributed by atoms with Crippen molar-refractivity contribution in [2.24, 2.45) is 0 Å². The van der Waals surface area contributed by atoms with E-state index in [1.807, 2.05) is 6.92 Å². The van der Waals surface area contributed by atoms with Crippen molar-refractivity contribution >= 4 is 35.1 Å². The summed E-state index contributed by atoms with van der Waals surface area (Å²) in [4.78, 5) is 12.2. The minimum atomic E-state index is -0.373. The molecule has 25 heavy (non-hydrogen) atoms. The Bertz CT molecular complexity index is 874. The van der Waals surface area contributed by atoms with Crippen molar-refractivity contribution in [2.45, 2.75) is 6.92 Å². The summed E-state index contributed by atoms with van der Waals surface area (Å²) in [7, 11) is 0. The smallest absolute Gasteiger partial charge is 0.322 e. The minimum Gasteiger partial charge on any atom is -0.494 e. The standard InChI is InChI=1S/C17H13Cl2N3O3/c1-2-24-14-5-3-10(4-6-14)15(23)20-17-22-21-16(25-17)11-7-12(18)9-13(19)8-11/h3-9H,2H2,1H3,(H,20,22,23). The van der Waals surface area contributed by atoms with Crippen molar-refractivity contribution in [3.8, 4) is 17.2 Å². The van der Waals surface area contributed by atoms with Crippen molar-refractivity contribution in [1.82, 2.24) is 10.2 Å². The lowest BCUT2D eigenvalue weighted by Crippen LogP contribution is -2.12. The molecule has 0 atom stereocenters. The van der Waals surface area contributed by atoms with E-state index in [-0.39, 0.29) is 17.8 Å². The SMILES string of the molecule is CCOc1ccc(C(=O)Nc2nnc(-c3cc(Cl)cc(Cl)c3)o2)cc1. The van der Waals surface area contributed by atoms with Crippen LogP contribution in [-0.2, 0) is 0 Å². The zero-order valence-electron chi connectivity index (χ0n) is 13.1. The summed E-state index contributed by atoms with van der Waals surface area (Å²) in [5, 5.41) is 11.1. The van der Waals surface area contributed by atoms with E-state index in [9.17, 15) is 4.79 Å². The van der Waals surface area contributed by atoms with Gasteiger partial charge in [-0.25, -0.2) is 0 Å². The van der Waals surface area contributed by atoms with Gasteiger partial charge in [-0.15, -0.1) is 5.10 Å². The minimum absolute atomic E-state index is 0.0232. The number of hydrogen-bond donors (Lipinski definition) is 1. The second-order valence-corrected chi connectivity index (χ2v) is 5.85. The number of carbonyl (C=O) groups is 1. The highest BCUT2D eigenvalue weighted by Crippen LogP contribution is 2.27. The first-order valence-electron chi connectivity index (χ1n) is 7.39. The summed E-state index contributed by atoms with van der Waals surface area (Å²) in [6, 6.07) is 11.6. The number of rotatable bonds is 5. The van der Waals surface area contributed by atoms with Crippen molar-refractivity contribution in [3.05, 3.63) is 58.1 Å². The summed E-state index contributed by atoms with van der Waals surface area (Å²) >= 11 is 11.9. The molecule has 0 unspecified atom stereocenters. The topological polar surface area (TPSA) is 77.2 Å². The lowest BCUT2D eigenvalue weighted by atomic mass is 10.2. The molecule has 2 aromatic carbocycles. The Morgan fingerprint density at radius 2 is 1.80 bits per heavy atom. The Labute approximate surface area is 153 Å². The average Bonchev–Trinajstić information content (AvgIpc) is 3.03. The van der Waals surface area contributed by atoms with Crippen LogP contribution in [0.3, 0.4) is 0 Å². The summed E-state index contributed by atoms with van der Waals surface area (Å²) in [6.07, 6.45) is 0. The van der Waals surface area contributed by atoms with Gasteiger partial charge in [0.05, 0.1) is 6.61 Å². The van der Waals surface area contributed by atoms with E-state index in [2.05, 4.69) is 15.5 Å². The van der Waals surface area contributed by atoms with Gasteiger partial charge < -0.3 is 9.15 Å². The highest BCUT2D eigenvalue weighted by atomic mass is 35.5. The van der Waals surface area contributed by atoms with Crippen LogP contribution in [0.4, 0.5) is 6.01 Å². The number of aromatic nitrogens is 2. The summed E-state index contributed by atoms with van der Waals surface area (Å²) in [5.74, 6) is 0.519. The Kier molecular flexibility index (Phi) is 5.21. The highest BCUT2D eigenvalue weighted by molar-refractivity contribution is 6.35. The van der Waals surface area contributed by atoms with Crippen molar-refractivity contribution in [1.29, 1.82) is 0 Å². The number of benzene rings is 2. The molecule has 128 valence electrons. The van der Waals surface area contributed by atoms with Gasteiger partial charge in [0.1, 0.15) is 5.75 Å². The molecule has 6 nitrogen and oxygen atoms in total. The lowest BCUT2D eigenvalue weighted by Gasteiger charge is -2.04. The van der Waals surface area contributed by atoms with E-state index in [4.69, 9.17) is 32.4 Å². The molecule has 0 bridgehead atoms. The van der Waals surface area contributed by atoms with Crippen LogP contribution < -0.4 is 10.1 Å². The molecule has 0 spiro atoms. The van der Waals surface area contributed by atoms with Gasteiger partial charge in [0.2, 0.25) is 5.89 Å². The van der Waals surface area contributed by atoms with Gasteiger partial charge in [-0.1, -0.05) is 28.3 Å². The fourth-order valence-corrected chi connectivity index (χ4v) is 2.63. The van der Waals surface area contributed by atoms with Crippen LogP contribution in [0.5, 0.6) is 5.75 Å². The van der Waals surface area contributed by atoms with E-state index in [0.717, 1.165) is 0 Å². The normalized spacial score (nSPS) is 10.5. The zero-order valence-corrected chi connectivity index (χ0v) is 14.6. The van der Waals surface area contributed by atoms with E-state index >= 15 is 0 Å². The van der Waals surface area contributed by atoms with E-state index in [0.29, 0.717) is 33.5 Å². The average molecular weight is 378 g/mol. The predicted molar refractivity (Wildman–Crippen MR) is 95.3 cm³/mol. The number of ether oxygens (including phenoxy) is 1. The van der Waals surface area contributed by atoms with Gasteiger partial charge in [-0.05, 0) is 49.4 Å². The van der Waals surface area contributed by atoms with Gasteiger partial charge >= 0.3 is 6.01 Å². The molecule has 1 aromatic heterocycles. The number of amides is 1. The second-order valence-electron chi connectivity index (χ2n) is 4.98. The summed E-state index contributed by atoms with van der Waals surface area (Å²) < 4.78 is 10.8. The maximum Gasteiger partial charge on any atom is 0.322 e. The van der Waals surface area contributed by atoms with Crippen LogP contribution in [0.2, 0.25) is 10.0 Å². The van der Waals surface area contributed by atoms with Crippen LogP contribution in [0.25, 0.3) is 11.5 Å². The molecular formula is C17H13Cl2N3O3. The maximum absolute atomic E-state index is 12.2. The summed E-state index contributed by atoms with van der Waals surface area (Å²) in [6.45, 7) is 2.45. The molecule has 0 aliphatic carbocycles. The third kappa shape index (κ3) is 4.29. The Morgan fingerprint density at radius 1 is 1.12 bits per heavy atom. The van der Waals surface area contributed by atoms with Gasteiger partial charge in [0.25, 0.3) is 5.91 Å². The molecule has 0 saturated heterocycles. The van der Waals surface area contributed by atoms with E-state index in [1.165, 1.54) is 0 Å². The number of hydrogen-bond acceptors (Lipinski definition) is 5. The molecule has 1 N–H and O–H groups in total. The Morgan fingerprint density at radius 3 is 2.44 bits per heavy atom. The Balaban J connectivity index is 1.73. The lowest BCUT2D eigenvalue weighted by molar-refractivity contribution is 0.102. The van der Waals surface area contributed by atoms with Gasteiger partial charge in [-0.3, -0.25) is 10.1 Å². The van der Waals surface area contributed by atoms with Crippen LogP contribution in [-0.4, -0.2) is 22.7 Å². The Hall–Kier alpha value is -2.57. The molecule has 1 heterocycles. The first kappa shape index (κ1) is 17.3. The van der Waals surface area contributed by atoms with Crippen molar-refractivity contribution < 1.29 is 13.9 Å².